The minimum Gasteiger partial charge on any atom is -0.458 e. The molecule has 12 atom stereocenters. The van der Waals surface area contributed by atoms with Gasteiger partial charge < -0.3 is 18.9 Å². The summed E-state index contributed by atoms with van der Waals surface area (Å²) < 4.78 is 25.2. The first-order valence-electron chi connectivity index (χ1n) is 21.4. The fourth-order valence-electron chi connectivity index (χ4n) is 14.4. The third-order valence-corrected chi connectivity index (χ3v) is 18.3. The number of ether oxygens (including phenoxy) is 4. The lowest BCUT2D eigenvalue weighted by Gasteiger charge is -2.28. The Hall–Kier alpha value is -2.90. The SMILES string of the molecule is CC1(C)[C@H]2CC[C@@H]1[C@H](OC(=O)c1cc(C(=O)O[C@@H]3C[C@@H]4CC[C@H]3C4(C)C)c(C(=O)O[C@@H]3C[C@@H]4CC[C@H]3C4(C)C)cc1C(=O)O[C@@H]1C[C@@H]3CC[C@H]1C3(C)C)C2. The van der Waals surface area contributed by atoms with Gasteiger partial charge in [0.25, 0.3) is 0 Å². The first-order chi connectivity index (χ1) is 25.4. The number of hydrogen-bond acceptors (Lipinski definition) is 8. The summed E-state index contributed by atoms with van der Waals surface area (Å²) in [6.07, 6.45) is 10.5. The normalized spacial score (nSPS) is 40.6. The number of esters is 4. The third kappa shape index (κ3) is 5.40. The zero-order chi connectivity index (χ0) is 38.3. The molecule has 294 valence electrons. The van der Waals surface area contributed by atoms with Gasteiger partial charge in [0.15, 0.2) is 0 Å². The van der Waals surface area contributed by atoms with Crippen LogP contribution < -0.4 is 0 Å². The maximum atomic E-state index is 14.4. The Morgan fingerprint density at radius 3 is 0.741 bits per heavy atom. The van der Waals surface area contributed by atoms with Gasteiger partial charge in [-0.25, -0.2) is 19.2 Å². The van der Waals surface area contributed by atoms with Gasteiger partial charge in [0.1, 0.15) is 24.4 Å². The van der Waals surface area contributed by atoms with Gasteiger partial charge in [0.2, 0.25) is 0 Å². The molecule has 54 heavy (non-hydrogen) atoms. The van der Waals surface area contributed by atoms with Crippen LogP contribution in [0.1, 0.15) is 174 Å². The van der Waals surface area contributed by atoms with Crippen LogP contribution in [0.15, 0.2) is 12.1 Å². The van der Waals surface area contributed by atoms with Crippen LogP contribution in [0.5, 0.6) is 0 Å². The van der Waals surface area contributed by atoms with E-state index in [1.807, 2.05) is 0 Å². The van der Waals surface area contributed by atoms with Crippen molar-refractivity contribution in [2.45, 2.75) is 157 Å². The van der Waals surface area contributed by atoms with E-state index in [0.717, 1.165) is 77.0 Å². The molecule has 0 N–H and O–H groups in total. The Kier molecular flexibility index (Phi) is 8.36. The molecule has 0 aromatic heterocycles. The van der Waals surface area contributed by atoms with Gasteiger partial charge in [0, 0.05) is 23.7 Å². The fourth-order valence-corrected chi connectivity index (χ4v) is 14.4. The van der Waals surface area contributed by atoms with E-state index in [1.54, 1.807) is 0 Å². The average molecular weight is 743 g/mol. The van der Waals surface area contributed by atoms with E-state index in [-0.39, 0.29) is 92.0 Å². The molecule has 8 aliphatic rings. The maximum absolute atomic E-state index is 14.4. The predicted octanol–water partition coefficient (Wildman–Crippen LogP) is 9.61. The molecule has 0 amide bonds. The van der Waals surface area contributed by atoms with Gasteiger partial charge in [-0.2, -0.15) is 0 Å². The van der Waals surface area contributed by atoms with Crippen molar-refractivity contribution in [2.24, 2.45) is 69.0 Å². The summed E-state index contributed by atoms with van der Waals surface area (Å²) in [5, 5.41) is 0. The molecule has 0 aliphatic heterocycles. The highest BCUT2D eigenvalue weighted by Crippen LogP contribution is 2.61. The van der Waals surface area contributed by atoms with E-state index >= 15 is 0 Å². The van der Waals surface area contributed by atoms with Crippen molar-refractivity contribution >= 4 is 23.9 Å². The number of carbonyl (C=O) groups is 4. The van der Waals surface area contributed by atoms with E-state index in [2.05, 4.69) is 55.4 Å². The molecule has 1 aromatic rings. The second-order valence-electron chi connectivity index (χ2n) is 21.5. The van der Waals surface area contributed by atoms with E-state index in [1.165, 1.54) is 12.1 Å². The van der Waals surface area contributed by atoms with Gasteiger partial charge in [-0.1, -0.05) is 55.4 Å². The van der Waals surface area contributed by atoms with Crippen LogP contribution in [-0.4, -0.2) is 48.3 Å². The summed E-state index contributed by atoms with van der Waals surface area (Å²) in [6, 6.07) is 2.79. The first-order valence-corrected chi connectivity index (χ1v) is 21.4. The minimum absolute atomic E-state index is 0.0409. The van der Waals surface area contributed by atoms with Crippen molar-refractivity contribution in [3.05, 3.63) is 34.4 Å². The van der Waals surface area contributed by atoms with Crippen LogP contribution in [-0.2, 0) is 18.9 Å². The molecule has 0 unspecified atom stereocenters. The van der Waals surface area contributed by atoms with E-state index < -0.39 is 23.9 Å². The predicted molar refractivity (Wildman–Crippen MR) is 202 cm³/mol. The third-order valence-electron chi connectivity index (χ3n) is 18.3. The minimum atomic E-state index is -0.659. The quantitative estimate of drug-likeness (QED) is 0.192. The highest BCUT2D eigenvalue weighted by atomic mass is 16.6. The lowest BCUT2D eigenvalue weighted by atomic mass is 9.82. The Bertz CT molecular complexity index is 1520. The van der Waals surface area contributed by atoms with Crippen LogP contribution in [0.4, 0.5) is 0 Å². The molecule has 8 heteroatoms. The van der Waals surface area contributed by atoms with Crippen molar-refractivity contribution in [2.75, 3.05) is 0 Å². The molecule has 8 aliphatic carbocycles. The van der Waals surface area contributed by atoms with Crippen LogP contribution in [0.3, 0.4) is 0 Å². The summed E-state index contributed by atoms with van der Waals surface area (Å²) in [5.74, 6) is 0.140. The molecule has 8 bridgehead atoms. The Morgan fingerprint density at radius 1 is 0.389 bits per heavy atom. The zero-order valence-corrected chi connectivity index (χ0v) is 33.8. The van der Waals surface area contributed by atoms with Crippen molar-refractivity contribution in [3.63, 3.8) is 0 Å². The lowest BCUT2D eigenvalue weighted by molar-refractivity contribution is 0.00508. The standard InChI is InChI=1S/C46H62O8/c1-43(2)23-9-13-31(43)35(17-23)51-39(47)27-21-29(41(49)53-37-19-25-11-15-33(37)45(25,5)6)30(42(50)54-38-20-26-12-16-34(38)46(26,7)8)22-28(27)40(48)52-36-18-24-10-14-32(36)44(24,3)4/h21-26,31-38H,9-20H2,1-8H3/t23-,24-,25-,26-,31+,32+,33+,34+,35+,36+,37+,38+/m0/s1. The highest BCUT2D eigenvalue weighted by molar-refractivity contribution is 6.10. The Morgan fingerprint density at radius 2 is 0.593 bits per heavy atom. The number of carbonyl (C=O) groups excluding carboxylic acids is 4. The van der Waals surface area contributed by atoms with Crippen LogP contribution in [0.25, 0.3) is 0 Å². The smallest absolute Gasteiger partial charge is 0.339 e. The molecule has 0 spiro atoms. The highest BCUT2D eigenvalue weighted by Gasteiger charge is 2.58. The molecule has 8 nitrogen and oxygen atoms in total. The molecule has 0 saturated heterocycles. The molecule has 8 fully saturated rings. The molecule has 0 radical (unpaired) electrons. The van der Waals surface area contributed by atoms with E-state index in [4.69, 9.17) is 18.9 Å². The summed E-state index contributed by atoms with van der Waals surface area (Å²) in [6.45, 7) is 18.0. The number of rotatable bonds is 8. The molecule has 8 saturated carbocycles. The molecular weight excluding hydrogens is 680 g/mol. The zero-order valence-electron chi connectivity index (χ0n) is 33.8. The van der Waals surface area contributed by atoms with Crippen LogP contribution in [0.2, 0.25) is 0 Å². The lowest BCUT2D eigenvalue weighted by Crippen LogP contribution is -2.32. The largest absolute Gasteiger partial charge is 0.458 e. The topological polar surface area (TPSA) is 105 Å². The molecular formula is C46H62O8. The van der Waals surface area contributed by atoms with Gasteiger partial charge in [-0.3, -0.25) is 0 Å². The van der Waals surface area contributed by atoms with Crippen molar-refractivity contribution in [1.29, 1.82) is 0 Å². The first kappa shape index (κ1) is 36.7. The molecule has 0 heterocycles. The van der Waals surface area contributed by atoms with Crippen molar-refractivity contribution in [1.82, 2.24) is 0 Å². The second-order valence-corrected chi connectivity index (χ2v) is 21.5. The Labute approximate surface area is 321 Å². The fraction of sp³-hybridized carbons (Fsp3) is 0.783. The van der Waals surface area contributed by atoms with Gasteiger partial charge in [0.05, 0.1) is 22.3 Å². The van der Waals surface area contributed by atoms with Crippen LogP contribution in [0, 0.1) is 69.0 Å². The number of fused-ring (bicyclic) bond motifs is 8. The van der Waals surface area contributed by atoms with Gasteiger partial charge in [-0.15, -0.1) is 0 Å². The van der Waals surface area contributed by atoms with Crippen molar-refractivity contribution in [3.8, 4) is 0 Å². The molecule has 9 rings (SSSR count). The summed E-state index contributed by atoms with van der Waals surface area (Å²) >= 11 is 0. The summed E-state index contributed by atoms with van der Waals surface area (Å²) in [4.78, 5) is 57.6. The average Bonchev–Trinajstić information content (AvgIpc) is 3.95. The second kappa shape index (κ2) is 12.3. The van der Waals surface area contributed by atoms with Crippen molar-refractivity contribution < 1.29 is 38.1 Å². The van der Waals surface area contributed by atoms with Crippen LogP contribution >= 0.6 is 0 Å². The number of hydrogen-bond donors (Lipinski definition) is 0. The van der Waals surface area contributed by atoms with Gasteiger partial charge in [-0.05, 0) is 135 Å². The summed E-state index contributed by atoms with van der Waals surface area (Å²) in [7, 11) is 0. The number of benzene rings is 1. The monoisotopic (exact) mass is 742 g/mol. The Balaban J connectivity index is 1.08. The molecule has 1 aromatic carbocycles. The van der Waals surface area contributed by atoms with Gasteiger partial charge >= 0.3 is 23.9 Å². The summed E-state index contributed by atoms with van der Waals surface area (Å²) in [5.41, 5.74) is 0.0847. The maximum Gasteiger partial charge on any atom is 0.339 e. The van der Waals surface area contributed by atoms with E-state index in [0.29, 0.717) is 23.7 Å². The van der Waals surface area contributed by atoms with E-state index in [9.17, 15) is 19.2 Å².